The molecule has 0 aromatic carbocycles. The van der Waals surface area contributed by atoms with E-state index < -0.39 is 17.9 Å². The molecule has 0 saturated carbocycles. The molecule has 7 heteroatoms. The average Bonchev–Trinajstić information content (AvgIpc) is 3.39. The maximum Gasteiger partial charge on any atom is 0.317 e. The van der Waals surface area contributed by atoms with Crippen molar-refractivity contribution < 1.29 is 34.0 Å². The van der Waals surface area contributed by atoms with Gasteiger partial charge in [0, 0.05) is 6.42 Å². The molecular formula is C40H70O7. The fourth-order valence-electron chi connectivity index (χ4n) is 6.32. The van der Waals surface area contributed by atoms with E-state index in [1.54, 1.807) is 0 Å². The maximum absolute atomic E-state index is 12.7. The van der Waals surface area contributed by atoms with Gasteiger partial charge in [0.15, 0.2) is 0 Å². The Morgan fingerprint density at radius 1 is 0.702 bits per heavy atom. The van der Waals surface area contributed by atoms with Crippen molar-refractivity contribution in [1.82, 2.24) is 0 Å². The topological polar surface area (TPSA) is 99.1 Å². The number of unbranched alkanes of at least 4 members (excludes halogenated alkanes) is 17. The molecule has 4 unspecified atom stereocenters. The third-order valence-corrected chi connectivity index (χ3v) is 9.27. The Labute approximate surface area is 287 Å². The second kappa shape index (κ2) is 30.1. The highest BCUT2D eigenvalue weighted by atomic mass is 17.2. The van der Waals surface area contributed by atoms with Crippen molar-refractivity contribution in [3.8, 4) is 0 Å². The van der Waals surface area contributed by atoms with Crippen LogP contribution in [0.25, 0.3) is 0 Å². The molecule has 1 heterocycles. The van der Waals surface area contributed by atoms with Gasteiger partial charge < -0.3 is 9.84 Å². The van der Waals surface area contributed by atoms with Gasteiger partial charge in [0.1, 0.15) is 12.2 Å². The van der Waals surface area contributed by atoms with Gasteiger partial charge in [-0.15, -0.1) is 0 Å². The molecule has 7 nitrogen and oxygen atoms in total. The SMILES string of the molecule is CCCCC/C=C/C(CCCCCCCCCC(=O)O)OOC(/C=C/CCCCC)CC(CCCCCCCC)C1CC(=O)OC1=O. The van der Waals surface area contributed by atoms with Gasteiger partial charge in [0.2, 0.25) is 0 Å². The van der Waals surface area contributed by atoms with Gasteiger partial charge in [-0.05, 0) is 57.3 Å². The Morgan fingerprint density at radius 3 is 1.74 bits per heavy atom. The van der Waals surface area contributed by atoms with Crippen LogP contribution in [-0.2, 0) is 28.9 Å². The molecule has 1 saturated heterocycles. The van der Waals surface area contributed by atoms with Gasteiger partial charge in [0.25, 0.3) is 0 Å². The van der Waals surface area contributed by atoms with E-state index in [0.717, 1.165) is 89.9 Å². The lowest BCUT2D eigenvalue weighted by Crippen LogP contribution is -2.26. The van der Waals surface area contributed by atoms with Crippen LogP contribution >= 0.6 is 0 Å². The summed E-state index contributed by atoms with van der Waals surface area (Å²) in [6, 6.07) is 0. The van der Waals surface area contributed by atoms with Crippen molar-refractivity contribution >= 4 is 17.9 Å². The van der Waals surface area contributed by atoms with E-state index >= 15 is 0 Å². The molecule has 1 fully saturated rings. The minimum absolute atomic E-state index is 0.00699. The highest BCUT2D eigenvalue weighted by molar-refractivity contribution is 5.94. The zero-order valence-corrected chi connectivity index (χ0v) is 30.4. The lowest BCUT2D eigenvalue weighted by Gasteiger charge is -2.25. The zero-order valence-electron chi connectivity index (χ0n) is 30.4. The second-order valence-corrected chi connectivity index (χ2v) is 13.7. The molecule has 1 aliphatic heterocycles. The summed E-state index contributed by atoms with van der Waals surface area (Å²) in [5.74, 6) is -1.90. The number of hydrogen-bond donors (Lipinski definition) is 1. The molecule has 47 heavy (non-hydrogen) atoms. The second-order valence-electron chi connectivity index (χ2n) is 13.7. The van der Waals surface area contributed by atoms with Crippen molar-refractivity contribution in [3.05, 3.63) is 24.3 Å². The predicted molar refractivity (Wildman–Crippen MR) is 191 cm³/mol. The number of allylic oxidation sites excluding steroid dienone is 2. The minimum Gasteiger partial charge on any atom is -0.481 e. The summed E-state index contributed by atoms with van der Waals surface area (Å²) in [5.41, 5.74) is 0. The molecule has 272 valence electrons. The van der Waals surface area contributed by atoms with E-state index in [0.29, 0.717) is 6.42 Å². The number of rotatable bonds is 33. The van der Waals surface area contributed by atoms with E-state index in [1.165, 1.54) is 57.8 Å². The first-order valence-electron chi connectivity index (χ1n) is 19.5. The van der Waals surface area contributed by atoms with Gasteiger partial charge in [-0.1, -0.05) is 148 Å². The summed E-state index contributed by atoms with van der Waals surface area (Å²) in [6.45, 7) is 6.64. The lowest BCUT2D eigenvalue weighted by atomic mass is 9.82. The van der Waals surface area contributed by atoms with Crippen LogP contribution in [0, 0.1) is 11.8 Å². The Hall–Kier alpha value is -1.99. The van der Waals surface area contributed by atoms with Gasteiger partial charge >= 0.3 is 17.9 Å². The van der Waals surface area contributed by atoms with Crippen molar-refractivity contribution in [2.24, 2.45) is 11.8 Å². The molecule has 4 atom stereocenters. The van der Waals surface area contributed by atoms with Gasteiger partial charge in [-0.3, -0.25) is 14.4 Å². The molecular weight excluding hydrogens is 592 g/mol. The number of esters is 2. The summed E-state index contributed by atoms with van der Waals surface area (Å²) < 4.78 is 4.99. The van der Waals surface area contributed by atoms with Crippen LogP contribution in [-0.4, -0.2) is 35.2 Å². The minimum atomic E-state index is -0.709. The van der Waals surface area contributed by atoms with Crippen molar-refractivity contribution in [2.45, 2.75) is 200 Å². The first-order valence-corrected chi connectivity index (χ1v) is 19.5. The summed E-state index contributed by atoms with van der Waals surface area (Å²) in [5, 5.41) is 8.81. The standard InChI is InChI=1S/C40H70O7/c1-4-7-10-13-19-22-27-34(37-33-39(43)45-40(37)44)32-36(30-25-18-12-9-6-3)47-46-35(28-23-17-11-8-5-2)29-24-20-15-14-16-21-26-31-38(41)42/h23,25,28,30,34-37H,4-22,24,26-27,29,31-33H2,1-3H3,(H,41,42)/b28-23+,30-25+. The first-order chi connectivity index (χ1) is 22.9. The van der Waals surface area contributed by atoms with Crippen LogP contribution in [0.5, 0.6) is 0 Å². The van der Waals surface area contributed by atoms with Crippen molar-refractivity contribution in [1.29, 1.82) is 0 Å². The van der Waals surface area contributed by atoms with E-state index in [-0.39, 0.29) is 36.9 Å². The number of aliphatic carboxylic acids is 1. The van der Waals surface area contributed by atoms with Crippen LogP contribution in [0.1, 0.15) is 188 Å². The molecule has 0 radical (unpaired) electrons. The van der Waals surface area contributed by atoms with E-state index in [9.17, 15) is 14.4 Å². The zero-order chi connectivity index (χ0) is 34.4. The van der Waals surface area contributed by atoms with E-state index in [4.69, 9.17) is 19.6 Å². The van der Waals surface area contributed by atoms with Crippen molar-refractivity contribution in [3.63, 3.8) is 0 Å². The third-order valence-electron chi connectivity index (χ3n) is 9.27. The highest BCUT2D eigenvalue weighted by Gasteiger charge is 2.39. The van der Waals surface area contributed by atoms with Crippen LogP contribution in [0.4, 0.5) is 0 Å². The third kappa shape index (κ3) is 23.9. The Bertz CT molecular complexity index is 852. The smallest absolute Gasteiger partial charge is 0.317 e. The molecule has 1 N–H and O–H groups in total. The number of hydrogen-bond acceptors (Lipinski definition) is 6. The number of cyclic esters (lactones) is 2. The van der Waals surface area contributed by atoms with Gasteiger partial charge in [-0.2, -0.15) is 0 Å². The number of carboxylic acids is 1. The van der Waals surface area contributed by atoms with Crippen LogP contribution in [0.15, 0.2) is 24.3 Å². The summed E-state index contributed by atoms with van der Waals surface area (Å²) >= 11 is 0. The number of carbonyl (C=O) groups is 3. The highest BCUT2D eigenvalue weighted by Crippen LogP contribution is 2.33. The van der Waals surface area contributed by atoms with Gasteiger partial charge in [0.05, 0.1) is 12.3 Å². The maximum atomic E-state index is 12.7. The molecule has 0 bridgehead atoms. The van der Waals surface area contributed by atoms with E-state index in [2.05, 4.69) is 45.1 Å². The fraction of sp³-hybridized carbons (Fsp3) is 0.825. The molecule has 0 aromatic rings. The Morgan fingerprint density at radius 2 is 1.19 bits per heavy atom. The molecule has 0 amide bonds. The summed E-state index contributed by atoms with van der Waals surface area (Å²) in [4.78, 5) is 47.8. The predicted octanol–water partition coefficient (Wildman–Crippen LogP) is 11.4. The van der Waals surface area contributed by atoms with Crippen LogP contribution in [0.3, 0.4) is 0 Å². The monoisotopic (exact) mass is 663 g/mol. The largest absolute Gasteiger partial charge is 0.481 e. The Balaban J connectivity index is 2.85. The lowest BCUT2D eigenvalue weighted by molar-refractivity contribution is -0.335. The Kier molecular flexibility index (Phi) is 27.6. The van der Waals surface area contributed by atoms with Gasteiger partial charge in [-0.25, -0.2) is 9.78 Å². The molecule has 0 aromatic heterocycles. The molecule has 0 aliphatic carbocycles. The van der Waals surface area contributed by atoms with Crippen LogP contribution < -0.4 is 0 Å². The number of carbonyl (C=O) groups excluding carboxylic acids is 2. The van der Waals surface area contributed by atoms with Crippen molar-refractivity contribution in [2.75, 3.05) is 0 Å². The quantitative estimate of drug-likeness (QED) is 0.0186. The normalized spacial score (nSPS) is 17.1. The molecule has 0 spiro atoms. The average molecular weight is 663 g/mol. The summed E-state index contributed by atoms with van der Waals surface area (Å²) in [7, 11) is 0. The molecule has 1 rings (SSSR count). The number of carboxylic acid groups (broad SMARTS) is 1. The van der Waals surface area contributed by atoms with E-state index in [1.807, 2.05) is 0 Å². The summed E-state index contributed by atoms with van der Waals surface area (Å²) in [6.07, 6.45) is 34.5. The fourth-order valence-corrected chi connectivity index (χ4v) is 6.32. The van der Waals surface area contributed by atoms with Crippen LogP contribution in [0.2, 0.25) is 0 Å². The first kappa shape index (κ1) is 43.0. The number of ether oxygens (including phenoxy) is 1. The molecule has 1 aliphatic rings.